The van der Waals surface area contributed by atoms with Crippen LogP contribution in [-0.4, -0.2) is 60.6 Å². The van der Waals surface area contributed by atoms with Crippen molar-refractivity contribution in [3.63, 3.8) is 0 Å². The van der Waals surface area contributed by atoms with Crippen molar-refractivity contribution in [1.82, 2.24) is 4.90 Å². The van der Waals surface area contributed by atoms with Gasteiger partial charge in [-0.25, -0.2) is 0 Å². The Bertz CT molecular complexity index is 586. The van der Waals surface area contributed by atoms with E-state index in [0.717, 1.165) is 4.90 Å². The van der Waals surface area contributed by atoms with Crippen molar-refractivity contribution in [2.45, 2.75) is 31.8 Å². The number of ether oxygens (including phenoxy) is 2. The fourth-order valence-corrected chi connectivity index (χ4v) is 2.57. The van der Waals surface area contributed by atoms with Crippen LogP contribution in [0.3, 0.4) is 0 Å². The number of benzene rings is 1. The second kappa shape index (κ2) is 9.05. The smallest absolute Gasteiger partial charge is 0.373 e. The lowest BCUT2D eigenvalue weighted by Crippen LogP contribution is -2.54. The van der Waals surface area contributed by atoms with Crippen LogP contribution in [0.1, 0.15) is 34.1 Å². The Morgan fingerprint density at radius 1 is 1.08 bits per heavy atom. The third kappa shape index (κ3) is 3.74. The van der Waals surface area contributed by atoms with Crippen LogP contribution in [0.15, 0.2) is 24.3 Å². The van der Waals surface area contributed by atoms with Gasteiger partial charge in [0.1, 0.15) is 6.04 Å². The molecule has 0 aliphatic carbocycles. The summed E-state index contributed by atoms with van der Waals surface area (Å²) in [7, 11) is 2.81. The van der Waals surface area contributed by atoms with Gasteiger partial charge in [0.2, 0.25) is 0 Å². The Labute approximate surface area is 139 Å². The van der Waals surface area contributed by atoms with E-state index in [-0.39, 0.29) is 6.15 Å². The lowest BCUT2D eigenvalue weighted by Gasteiger charge is -2.34. The quantitative estimate of drug-likeness (QED) is 0.593. The molecule has 1 heterocycles. The standard InChI is InChI=1S/C15H19NO5.CO2/c1-4-11(17)12(15(20-2)21-3)16-13(18)9-7-5-6-8-10(9)14(16)19;2-1-3/h5-8,11-12,15,17H,4H2,1-3H3;/t11-,12-;/m0./s1. The van der Waals surface area contributed by atoms with Crippen molar-refractivity contribution in [2.75, 3.05) is 14.2 Å². The number of fused-ring (bicyclic) bond motifs is 1. The van der Waals surface area contributed by atoms with Crippen molar-refractivity contribution in [3.8, 4) is 0 Å². The van der Waals surface area contributed by atoms with E-state index >= 15 is 0 Å². The minimum absolute atomic E-state index is 0.250. The maximum atomic E-state index is 12.5. The maximum Gasteiger partial charge on any atom is 0.373 e. The predicted molar refractivity (Wildman–Crippen MR) is 79.8 cm³/mol. The molecule has 2 amide bonds. The molecular formula is C16H19NO7. The average Bonchev–Trinajstić information content (AvgIpc) is 2.84. The molecule has 0 radical (unpaired) electrons. The van der Waals surface area contributed by atoms with Gasteiger partial charge < -0.3 is 14.6 Å². The minimum atomic E-state index is -0.933. The second-order valence-corrected chi connectivity index (χ2v) is 4.92. The van der Waals surface area contributed by atoms with Gasteiger partial charge in [-0.15, -0.1) is 0 Å². The highest BCUT2D eigenvalue weighted by Gasteiger charge is 2.45. The van der Waals surface area contributed by atoms with Crippen LogP contribution < -0.4 is 0 Å². The van der Waals surface area contributed by atoms with E-state index < -0.39 is 30.3 Å². The average molecular weight is 337 g/mol. The summed E-state index contributed by atoms with van der Waals surface area (Å²) in [5, 5.41) is 10.2. The summed E-state index contributed by atoms with van der Waals surface area (Å²) in [5.74, 6) is -0.876. The molecule has 1 aliphatic rings. The summed E-state index contributed by atoms with van der Waals surface area (Å²) in [5.41, 5.74) is 0.670. The van der Waals surface area contributed by atoms with E-state index in [0.29, 0.717) is 17.5 Å². The molecule has 1 aromatic rings. The van der Waals surface area contributed by atoms with Gasteiger partial charge >= 0.3 is 6.15 Å². The first-order valence-electron chi connectivity index (χ1n) is 7.18. The van der Waals surface area contributed by atoms with E-state index in [4.69, 9.17) is 19.1 Å². The van der Waals surface area contributed by atoms with E-state index in [1.165, 1.54) is 14.2 Å². The van der Waals surface area contributed by atoms with Crippen molar-refractivity contribution >= 4 is 18.0 Å². The number of imide groups is 1. The fourth-order valence-electron chi connectivity index (χ4n) is 2.57. The molecule has 24 heavy (non-hydrogen) atoms. The summed E-state index contributed by atoms with van der Waals surface area (Å²) >= 11 is 0. The van der Waals surface area contributed by atoms with Gasteiger partial charge in [-0.1, -0.05) is 19.1 Å². The zero-order chi connectivity index (χ0) is 18.3. The topological polar surface area (TPSA) is 110 Å². The van der Waals surface area contributed by atoms with Crippen LogP contribution >= 0.6 is 0 Å². The number of carbonyl (C=O) groups excluding carboxylic acids is 4. The molecule has 0 spiro atoms. The van der Waals surface area contributed by atoms with Crippen LogP contribution in [0, 0.1) is 0 Å². The number of carbonyl (C=O) groups is 2. The first-order valence-corrected chi connectivity index (χ1v) is 7.18. The molecule has 8 nitrogen and oxygen atoms in total. The highest BCUT2D eigenvalue weighted by atomic mass is 16.7. The summed E-state index contributed by atoms with van der Waals surface area (Å²) in [6.45, 7) is 1.76. The lowest BCUT2D eigenvalue weighted by molar-refractivity contribution is -0.191. The second-order valence-electron chi connectivity index (χ2n) is 4.92. The monoisotopic (exact) mass is 337 g/mol. The van der Waals surface area contributed by atoms with Crippen LogP contribution in [0.5, 0.6) is 0 Å². The minimum Gasteiger partial charge on any atom is -0.391 e. The highest BCUT2D eigenvalue weighted by molar-refractivity contribution is 6.21. The van der Waals surface area contributed by atoms with Gasteiger partial charge in [0.25, 0.3) is 11.8 Å². The molecule has 2 rings (SSSR count). The third-order valence-electron chi connectivity index (χ3n) is 3.68. The van der Waals surface area contributed by atoms with E-state index in [1.54, 1.807) is 31.2 Å². The number of nitrogens with zero attached hydrogens (tertiary/aromatic N) is 1. The Hall–Kier alpha value is -2.38. The molecule has 0 saturated carbocycles. The highest BCUT2D eigenvalue weighted by Crippen LogP contribution is 2.28. The number of methoxy groups -OCH3 is 2. The van der Waals surface area contributed by atoms with Crippen LogP contribution in [-0.2, 0) is 19.1 Å². The van der Waals surface area contributed by atoms with Gasteiger partial charge in [0.05, 0.1) is 17.2 Å². The van der Waals surface area contributed by atoms with Crippen LogP contribution in [0.2, 0.25) is 0 Å². The number of rotatable bonds is 6. The normalized spacial score (nSPS) is 15.5. The van der Waals surface area contributed by atoms with Gasteiger partial charge in [-0.3, -0.25) is 14.5 Å². The molecule has 0 saturated heterocycles. The van der Waals surface area contributed by atoms with Gasteiger partial charge in [0, 0.05) is 14.2 Å². The van der Waals surface area contributed by atoms with Crippen molar-refractivity contribution in [1.29, 1.82) is 0 Å². The molecule has 130 valence electrons. The molecule has 0 unspecified atom stereocenters. The molecule has 0 bridgehead atoms. The van der Waals surface area contributed by atoms with E-state index in [9.17, 15) is 14.7 Å². The SMILES string of the molecule is CC[C@H](O)[C@@H](C(OC)OC)N1C(=O)c2ccccc2C1=O.O=C=O. The molecule has 0 aromatic heterocycles. The van der Waals surface area contributed by atoms with Crippen LogP contribution in [0.4, 0.5) is 0 Å². The zero-order valence-corrected chi connectivity index (χ0v) is 13.6. The van der Waals surface area contributed by atoms with Gasteiger partial charge in [-0.2, -0.15) is 9.59 Å². The van der Waals surface area contributed by atoms with Gasteiger partial charge in [0.15, 0.2) is 6.29 Å². The Kier molecular flexibility index (Phi) is 7.41. The van der Waals surface area contributed by atoms with Crippen LogP contribution in [0.25, 0.3) is 0 Å². The third-order valence-corrected chi connectivity index (χ3v) is 3.68. The van der Waals surface area contributed by atoms with Crippen molar-refractivity contribution < 1.29 is 33.8 Å². The molecular weight excluding hydrogens is 318 g/mol. The Morgan fingerprint density at radius 2 is 1.50 bits per heavy atom. The molecule has 1 aromatic carbocycles. The van der Waals surface area contributed by atoms with Gasteiger partial charge in [-0.05, 0) is 18.6 Å². The Morgan fingerprint density at radius 3 is 1.83 bits per heavy atom. The lowest BCUT2D eigenvalue weighted by atomic mass is 10.1. The number of aliphatic hydroxyl groups is 1. The summed E-state index contributed by atoms with van der Waals surface area (Å²) in [4.78, 5) is 42.3. The van der Waals surface area contributed by atoms with Crippen molar-refractivity contribution in [2.24, 2.45) is 0 Å². The summed E-state index contributed by atoms with van der Waals surface area (Å²) in [6, 6.07) is 5.70. The number of hydrogen-bond donors (Lipinski definition) is 1. The number of aliphatic hydroxyl groups excluding tert-OH is 1. The maximum absolute atomic E-state index is 12.5. The number of hydrogen-bond acceptors (Lipinski definition) is 7. The summed E-state index contributed by atoms with van der Waals surface area (Å²) < 4.78 is 10.3. The molecule has 0 fully saturated rings. The first kappa shape index (κ1) is 19.7. The summed E-state index contributed by atoms with van der Waals surface area (Å²) in [6.07, 6.45) is -1.21. The first-order chi connectivity index (χ1) is 11.5. The van der Waals surface area contributed by atoms with Crippen molar-refractivity contribution in [3.05, 3.63) is 35.4 Å². The molecule has 2 atom stereocenters. The fraction of sp³-hybridized carbons (Fsp3) is 0.438. The zero-order valence-electron chi connectivity index (χ0n) is 13.6. The molecule has 8 heteroatoms. The number of amides is 2. The molecule has 1 N–H and O–H groups in total. The molecule has 1 aliphatic heterocycles. The van der Waals surface area contributed by atoms with E-state index in [1.807, 2.05) is 0 Å². The Balaban J connectivity index is 0.000000891. The van der Waals surface area contributed by atoms with E-state index in [2.05, 4.69) is 0 Å². The largest absolute Gasteiger partial charge is 0.391 e. The predicted octanol–water partition coefficient (Wildman–Crippen LogP) is 0.457.